The number of hydrogen-bond donors (Lipinski definition) is 0. The Balaban J connectivity index is 2.41. The van der Waals surface area contributed by atoms with E-state index in [0.717, 1.165) is 38.2 Å². The van der Waals surface area contributed by atoms with Gasteiger partial charge >= 0.3 is 0 Å². The average Bonchev–Trinajstić information content (AvgIpc) is 2.67. The van der Waals surface area contributed by atoms with Crippen molar-refractivity contribution in [2.24, 2.45) is 0 Å². The molecule has 0 amide bonds. The van der Waals surface area contributed by atoms with Crippen LogP contribution >= 0.6 is 0 Å². The van der Waals surface area contributed by atoms with Gasteiger partial charge in [-0.25, -0.2) is 0 Å². The fourth-order valence-electron chi connectivity index (χ4n) is 3.51. The molecule has 0 saturated carbocycles. The molecule has 1 saturated heterocycles. The number of likely N-dealkylation sites (N-methyl/N-ethyl adjacent to an activating group) is 1. The maximum atomic E-state index is 9.95. The fraction of sp³-hybridized carbons (Fsp3) is 0.632. The van der Waals surface area contributed by atoms with Crippen molar-refractivity contribution in [3.8, 4) is 23.3 Å². The van der Waals surface area contributed by atoms with E-state index in [0.29, 0.717) is 23.3 Å². The van der Waals surface area contributed by atoms with Gasteiger partial charge in [-0.05, 0) is 19.0 Å². The van der Waals surface area contributed by atoms with Gasteiger partial charge in [-0.15, -0.1) is 0 Å². The van der Waals surface area contributed by atoms with Crippen molar-refractivity contribution in [1.82, 2.24) is 9.80 Å². The van der Waals surface area contributed by atoms with Crippen LogP contribution in [0.2, 0.25) is 0 Å². The van der Waals surface area contributed by atoms with Crippen LogP contribution in [0.4, 0.5) is 0 Å². The van der Waals surface area contributed by atoms with Crippen LogP contribution in [-0.4, -0.2) is 63.4 Å². The molecule has 6 nitrogen and oxygen atoms in total. The summed E-state index contributed by atoms with van der Waals surface area (Å²) in [5, 5.41) is 9.95. The van der Waals surface area contributed by atoms with Crippen molar-refractivity contribution in [1.29, 1.82) is 5.26 Å². The molecule has 1 aliphatic rings. The molecule has 6 heteroatoms. The van der Waals surface area contributed by atoms with Crippen LogP contribution in [0.1, 0.15) is 31.9 Å². The fourth-order valence-corrected chi connectivity index (χ4v) is 3.51. The first-order chi connectivity index (χ1) is 12.1. The molecule has 0 spiro atoms. The van der Waals surface area contributed by atoms with Gasteiger partial charge in [0.05, 0.1) is 27.4 Å². The minimum absolute atomic E-state index is 0.344. The lowest BCUT2D eigenvalue weighted by molar-refractivity contribution is 0.0562. The van der Waals surface area contributed by atoms with E-state index in [4.69, 9.17) is 14.2 Å². The van der Waals surface area contributed by atoms with Gasteiger partial charge in [0.1, 0.15) is 11.8 Å². The summed E-state index contributed by atoms with van der Waals surface area (Å²) in [5.41, 5.74) is 0.825. The molecular formula is C19H29N3O3. The van der Waals surface area contributed by atoms with Gasteiger partial charge in [0.15, 0.2) is 11.5 Å². The molecule has 138 valence electrons. The van der Waals surface area contributed by atoms with Crippen LogP contribution in [0.5, 0.6) is 17.2 Å². The number of piperazine rings is 1. The van der Waals surface area contributed by atoms with Gasteiger partial charge < -0.3 is 19.1 Å². The Kier molecular flexibility index (Phi) is 6.91. The van der Waals surface area contributed by atoms with E-state index in [1.54, 1.807) is 27.4 Å². The van der Waals surface area contributed by atoms with Crippen molar-refractivity contribution < 1.29 is 14.2 Å². The summed E-state index contributed by atoms with van der Waals surface area (Å²) in [6.07, 6.45) is 1.00. The van der Waals surface area contributed by atoms with Crippen LogP contribution in [0.25, 0.3) is 0 Å². The van der Waals surface area contributed by atoms with Gasteiger partial charge in [0.2, 0.25) is 0 Å². The second-order valence-electron chi connectivity index (χ2n) is 6.17. The molecule has 1 heterocycles. The number of methoxy groups -OCH3 is 3. The lowest BCUT2D eigenvalue weighted by Crippen LogP contribution is -2.53. The van der Waals surface area contributed by atoms with Gasteiger partial charge in [0.25, 0.3) is 0 Å². The SMILES string of the molecule is CCC1CN(CC)CCN1C(C#N)c1cc(OC)c(OC)cc1OC. The minimum atomic E-state index is -0.376. The number of benzene rings is 1. The summed E-state index contributed by atoms with van der Waals surface area (Å²) >= 11 is 0. The molecule has 1 fully saturated rings. The average molecular weight is 347 g/mol. The number of ether oxygens (including phenoxy) is 3. The summed E-state index contributed by atoms with van der Waals surface area (Å²) < 4.78 is 16.3. The van der Waals surface area contributed by atoms with E-state index in [1.807, 2.05) is 6.07 Å². The zero-order chi connectivity index (χ0) is 18.4. The molecule has 0 bridgehead atoms. The molecule has 0 radical (unpaired) electrons. The molecule has 2 rings (SSSR count). The van der Waals surface area contributed by atoms with Gasteiger partial charge in [-0.3, -0.25) is 4.90 Å². The van der Waals surface area contributed by atoms with Gasteiger partial charge in [-0.2, -0.15) is 5.26 Å². The maximum Gasteiger partial charge on any atom is 0.164 e. The third-order valence-electron chi connectivity index (χ3n) is 5.02. The highest BCUT2D eigenvalue weighted by molar-refractivity contribution is 5.53. The third-order valence-corrected chi connectivity index (χ3v) is 5.02. The first-order valence-electron chi connectivity index (χ1n) is 8.80. The van der Waals surface area contributed by atoms with Crippen LogP contribution in [-0.2, 0) is 0 Å². The second kappa shape index (κ2) is 8.93. The largest absolute Gasteiger partial charge is 0.496 e. The number of hydrogen-bond acceptors (Lipinski definition) is 6. The van der Waals surface area contributed by atoms with Crippen molar-refractivity contribution in [2.45, 2.75) is 32.4 Å². The standard InChI is InChI=1S/C19H29N3O3/c1-6-14-13-21(7-2)8-9-22(14)16(12-20)15-10-18(24-4)19(25-5)11-17(15)23-3/h10-11,14,16H,6-9,13H2,1-5H3. The van der Waals surface area contributed by atoms with E-state index in [2.05, 4.69) is 29.7 Å². The Bertz CT molecular complexity index is 615. The zero-order valence-electron chi connectivity index (χ0n) is 15.9. The van der Waals surface area contributed by atoms with E-state index in [9.17, 15) is 5.26 Å². The van der Waals surface area contributed by atoms with E-state index in [1.165, 1.54) is 0 Å². The van der Waals surface area contributed by atoms with Crippen molar-refractivity contribution in [3.63, 3.8) is 0 Å². The molecule has 1 aromatic rings. The Morgan fingerprint density at radius 1 is 1.08 bits per heavy atom. The van der Waals surface area contributed by atoms with Crippen LogP contribution in [0.15, 0.2) is 12.1 Å². The Hall–Kier alpha value is -1.97. The van der Waals surface area contributed by atoms with Crippen molar-refractivity contribution in [3.05, 3.63) is 17.7 Å². The third kappa shape index (κ3) is 4.00. The second-order valence-corrected chi connectivity index (χ2v) is 6.17. The molecular weight excluding hydrogens is 318 g/mol. The van der Waals surface area contributed by atoms with Gasteiger partial charge in [0, 0.05) is 37.3 Å². The Morgan fingerprint density at radius 3 is 2.24 bits per heavy atom. The summed E-state index contributed by atoms with van der Waals surface area (Å²) in [7, 11) is 4.81. The molecule has 25 heavy (non-hydrogen) atoms. The minimum Gasteiger partial charge on any atom is -0.496 e. The highest BCUT2D eigenvalue weighted by atomic mass is 16.5. The van der Waals surface area contributed by atoms with Gasteiger partial charge in [-0.1, -0.05) is 13.8 Å². The summed E-state index contributed by atoms with van der Waals surface area (Å²) in [4.78, 5) is 4.72. The normalized spacial score (nSPS) is 19.9. The molecule has 1 aromatic carbocycles. The maximum absolute atomic E-state index is 9.95. The van der Waals surface area contributed by atoms with Crippen LogP contribution in [0, 0.1) is 11.3 Å². The summed E-state index contributed by atoms with van der Waals surface area (Å²) in [6, 6.07) is 6.11. The lowest BCUT2D eigenvalue weighted by Gasteiger charge is -2.43. The first-order valence-corrected chi connectivity index (χ1v) is 8.80. The Labute approximate surface area is 150 Å². The van der Waals surface area contributed by atoms with E-state index >= 15 is 0 Å². The van der Waals surface area contributed by atoms with E-state index < -0.39 is 0 Å². The predicted octanol–water partition coefficient (Wildman–Crippen LogP) is 2.69. The molecule has 2 atom stereocenters. The monoisotopic (exact) mass is 347 g/mol. The van der Waals surface area contributed by atoms with E-state index in [-0.39, 0.29) is 6.04 Å². The quantitative estimate of drug-likeness (QED) is 0.756. The topological polar surface area (TPSA) is 58.0 Å². The molecule has 2 unspecified atom stereocenters. The van der Waals surface area contributed by atoms with Crippen molar-refractivity contribution >= 4 is 0 Å². The summed E-state index contributed by atoms with van der Waals surface area (Å²) in [6.45, 7) is 8.23. The van der Waals surface area contributed by atoms with Crippen LogP contribution in [0.3, 0.4) is 0 Å². The Morgan fingerprint density at radius 2 is 1.72 bits per heavy atom. The molecule has 1 aliphatic heterocycles. The number of rotatable bonds is 7. The van der Waals surface area contributed by atoms with Crippen LogP contribution < -0.4 is 14.2 Å². The molecule has 0 aromatic heterocycles. The van der Waals surface area contributed by atoms with Crippen molar-refractivity contribution in [2.75, 3.05) is 47.5 Å². The summed E-state index contributed by atoms with van der Waals surface area (Å²) in [5.74, 6) is 1.86. The molecule has 0 aliphatic carbocycles. The lowest BCUT2D eigenvalue weighted by atomic mass is 9.99. The highest BCUT2D eigenvalue weighted by Gasteiger charge is 2.33. The number of nitrogens with zero attached hydrogens (tertiary/aromatic N) is 3. The predicted molar refractivity (Wildman–Crippen MR) is 97.4 cm³/mol. The molecule has 0 N–H and O–H groups in total. The first kappa shape index (κ1) is 19.4. The highest BCUT2D eigenvalue weighted by Crippen LogP contribution is 2.40. The zero-order valence-corrected chi connectivity index (χ0v) is 15.9. The number of nitriles is 1. The smallest absolute Gasteiger partial charge is 0.164 e.